The van der Waals surface area contributed by atoms with Gasteiger partial charge in [0.2, 0.25) is 0 Å². The molecular weight excluding hydrogens is 306 g/mol. The second-order valence-corrected chi connectivity index (χ2v) is 7.20. The van der Waals surface area contributed by atoms with Crippen LogP contribution in [-0.4, -0.2) is 28.4 Å². The summed E-state index contributed by atoms with van der Waals surface area (Å²) in [6, 6.07) is 7.98. The number of hydrogen-bond donors (Lipinski definition) is 2. The maximum absolute atomic E-state index is 11.4. The quantitative estimate of drug-likeness (QED) is 0.667. The van der Waals surface area contributed by atoms with Crippen LogP contribution in [-0.2, 0) is 10.5 Å². The molecule has 0 aromatic heterocycles. The third-order valence-electron chi connectivity index (χ3n) is 3.26. The number of aliphatic carboxylic acids is 1. The van der Waals surface area contributed by atoms with Crippen molar-refractivity contribution in [3.05, 3.63) is 34.9 Å². The number of hydrogen-bond acceptors (Lipinski definition) is 3. The summed E-state index contributed by atoms with van der Waals surface area (Å²) < 4.78 is 0. The van der Waals surface area contributed by atoms with Gasteiger partial charge in [-0.15, -0.1) is 0 Å². The summed E-state index contributed by atoms with van der Waals surface area (Å²) in [4.78, 5) is 11.4. The molecule has 0 amide bonds. The van der Waals surface area contributed by atoms with E-state index in [0.29, 0.717) is 6.42 Å². The molecule has 0 aliphatic heterocycles. The highest BCUT2D eigenvalue weighted by Crippen LogP contribution is 2.22. The van der Waals surface area contributed by atoms with E-state index < -0.39 is 11.5 Å². The smallest absolute Gasteiger partial charge is 0.323 e. The number of nitrogens with one attached hydrogen (secondary N) is 1. The number of carbonyl (C=O) groups is 1. The van der Waals surface area contributed by atoms with E-state index in [1.807, 2.05) is 38.1 Å². The summed E-state index contributed by atoms with van der Waals surface area (Å²) in [5.41, 5.74) is 0.282. The molecule has 0 aliphatic rings. The minimum atomic E-state index is -0.848. The maximum Gasteiger partial charge on any atom is 0.323 e. The molecule has 1 atom stereocenters. The van der Waals surface area contributed by atoms with Crippen LogP contribution in [0.1, 0.15) is 39.2 Å². The Morgan fingerprint density at radius 2 is 2.10 bits per heavy atom. The van der Waals surface area contributed by atoms with Crippen LogP contribution in [0, 0.1) is 0 Å². The Bertz CT molecular complexity index is 467. The Morgan fingerprint density at radius 3 is 2.67 bits per heavy atom. The summed E-state index contributed by atoms with van der Waals surface area (Å²) in [5.74, 6) is 1.00. The van der Waals surface area contributed by atoms with E-state index in [1.54, 1.807) is 18.7 Å². The van der Waals surface area contributed by atoms with Gasteiger partial charge in [-0.25, -0.2) is 0 Å². The standard InChI is InChI=1S/C16H24ClNO2S/c1-12(2)18-16(3,15(19)20)9-6-10-21-11-13-7-4-5-8-14(13)17/h4-5,7-8,12,18H,6,9-11H2,1-3H3,(H,19,20). The molecule has 0 saturated heterocycles. The fourth-order valence-corrected chi connectivity index (χ4v) is 3.45. The average molecular weight is 330 g/mol. The van der Waals surface area contributed by atoms with Gasteiger partial charge in [-0.3, -0.25) is 10.1 Å². The summed E-state index contributed by atoms with van der Waals surface area (Å²) in [5, 5.41) is 13.3. The second-order valence-electron chi connectivity index (χ2n) is 5.68. The van der Waals surface area contributed by atoms with E-state index in [2.05, 4.69) is 5.32 Å². The lowest BCUT2D eigenvalue weighted by atomic mass is 9.95. The van der Waals surface area contributed by atoms with Crippen LogP contribution in [0.4, 0.5) is 0 Å². The first-order valence-corrected chi connectivity index (χ1v) is 8.70. The molecule has 0 spiro atoms. The van der Waals surface area contributed by atoms with E-state index in [4.69, 9.17) is 11.6 Å². The molecule has 1 unspecified atom stereocenters. The Labute approximate surface area is 136 Å². The lowest BCUT2D eigenvalue weighted by Crippen LogP contribution is -2.52. The zero-order valence-corrected chi connectivity index (χ0v) is 14.4. The first-order chi connectivity index (χ1) is 9.85. The Kier molecular flexibility index (Phi) is 7.57. The van der Waals surface area contributed by atoms with Crippen molar-refractivity contribution in [3.63, 3.8) is 0 Å². The van der Waals surface area contributed by atoms with Gasteiger partial charge in [-0.1, -0.05) is 29.8 Å². The topological polar surface area (TPSA) is 49.3 Å². The van der Waals surface area contributed by atoms with Crippen LogP contribution in [0.25, 0.3) is 0 Å². The van der Waals surface area contributed by atoms with Gasteiger partial charge in [-0.05, 0) is 51.0 Å². The molecule has 1 rings (SSSR count). The minimum Gasteiger partial charge on any atom is -0.480 e. The third kappa shape index (κ3) is 6.29. The lowest BCUT2D eigenvalue weighted by Gasteiger charge is -2.28. The normalized spacial score (nSPS) is 14.1. The van der Waals surface area contributed by atoms with Crippen molar-refractivity contribution in [1.29, 1.82) is 0 Å². The van der Waals surface area contributed by atoms with Gasteiger partial charge >= 0.3 is 5.97 Å². The molecule has 21 heavy (non-hydrogen) atoms. The van der Waals surface area contributed by atoms with Crippen LogP contribution < -0.4 is 5.32 Å². The number of rotatable bonds is 9. The van der Waals surface area contributed by atoms with Gasteiger partial charge in [0.1, 0.15) is 5.54 Å². The third-order valence-corrected chi connectivity index (χ3v) is 4.72. The van der Waals surface area contributed by atoms with E-state index in [1.165, 1.54) is 0 Å². The zero-order chi connectivity index (χ0) is 15.9. The van der Waals surface area contributed by atoms with E-state index in [0.717, 1.165) is 28.5 Å². The monoisotopic (exact) mass is 329 g/mol. The molecule has 1 aromatic carbocycles. The van der Waals surface area contributed by atoms with E-state index in [-0.39, 0.29) is 6.04 Å². The lowest BCUT2D eigenvalue weighted by molar-refractivity contribution is -0.144. The van der Waals surface area contributed by atoms with Crippen LogP contribution in [0.2, 0.25) is 5.02 Å². The zero-order valence-electron chi connectivity index (χ0n) is 12.9. The minimum absolute atomic E-state index is 0.155. The Hall–Kier alpha value is -0.710. The van der Waals surface area contributed by atoms with Crippen molar-refractivity contribution < 1.29 is 9.90 Å². The molecule has 0 heterocycles. The van der Waals surface area contributed by atoms with Gasteiger partial charge in [0, 0.05) is 16.8 Å². The van der Waals surface area contributed by atoms with Crippen LogP contribution >= 0.6 is 23.4 Å². The first kappa shape index (κ1) is 18.3. The fourth-order valence-electron chi connectivity index (χ4n) is 2.20. The van der Waals surface area contributed by atoms with E-state index >= 15 is 0 Å². The highest BCUT2D eigenvalue weighted by molar-refractivity contribution is 7.98. The maximum atomic E-state index is 11.4. The van der Waals surface area contributed by atoms with Gasteiger partial charge in [0.25, 0.3) is 0 Å². The highest BCUT2D eigenvalue weighted by atomic mass is 35.5. The van der Waals surface area contributed by atoms with Crippen molar-refractivity contribution >= 4 is 29.3 Å². The van der Waals surface area contributed by atoms with Crippen LogP contribution in [0.5, 0.6) is 0 Å². The molecule has 118 valence electrons. The molecule has 0 radical (unpaired) electrons. The Balaban J connectivity index is 2.35. The molecule has 0 fully saturated rings. The second kappa shape index (κ2) is 8.66. The molecule has 2 N–H and O–H groups in total. The number of halogens is 1. The van der Waals surface area contributed by atoms with Gasteiger partial charge in [0.05, 0.1) is 0 Å². The summed E-state index contributed by atoms with van der Waals surface area (Å²) >= 11 is 7.89. The number of thioether (sulfide) groups is 1. The predicted octanol–water partition coefficient (Wildman–Crippen LogP) is 4.19. The van der Waals surface area contributed by atoms with Crippen molar-refractivity contribution in [2.75, 3.05) is 5.75 Å². The van der Waals surface area contributed by atoms with Crippen molar-refractivity contribution in [1.82, 2.24) is 5.32 Å². The largest absolute Gasteiger partial charge is 0.480 e. The Morgan fingerprint density at radius 1 is 1.43 bits per heavy atom. The van der Waals surface area contributed by atoms with Gasteiger partial charge in [0.15, 0.2) is 0 Å². The van der Waals surface area contributed by atoms with Crippen molar-refractivity contribution in [3.8, 4) is 0 Å². The van der Waals surface area contributed by atoms with Crippen molar-refractivity contribution in [2.24, 2.45) is 0 Å². The van der Waals surface area contributed by atoms with Crippen LogP contribution in [0.15, 0.2) is 24.3 Å². The first-order valence-electron chi connectivity index (χ1n) is 7.17. The van der Waals surface area contributed by atoms with E-state index in [9.17, 15) is 9.90 Å². The molecule has 1 aromatic rings. The van der Waals surface area contributed by atoms with Gasteiger partial charge in [-0.2, -0.15) is 11.8 Å². The number of carboxylic acid groups (broad SMARTS) is 1. The SMILES string of the molecule is CC(C)NC(C)(CCCSCc1ccccc1Cl)C(=O)O. The summed E-state index contributed by atoms with van der Waals surface area (Å²) in [6.07, 6.45) is 1.48. The molecular formula is C16H24ClNO2S. The molecule has 3 nitrogen and oxygen atoms in total. The van der Waals surface area contributed by atoms with Crippen molar-refractivity contribution in [2.45, 2.75) is 50.9 Å². The molecule has 5 heteroatoms. The highest BCUT2D eigenvalue weighted by Gasteiger charge is 2.32. The predicted molar refractivity (Wildman–Crippen MR) is 91.2 cm³/mol. The number of carboxylic acids is 1. The average Bonchev–Trinajstić information content (AvgIpc) is 2.39. The summed E-state index contributed by atoms with van der Waals surface area (Å²) in [6.45, 7) is 5.69. The summed E-state index contributed by atoms with van der Waals surface area (Å²) in [7, 11) is 0. The molecule has 0 bridgehead atoms. The molecule has 0 saturated carbocycles. The molecule has 0 aliphatic carbocycles. The fraction of sp³-hybridized carbons (Fsp3) is 0.562. The van der Waals surface area contributed by atoms with Crippen LogP contribution in [0.3, 0.4) is 0 Å². The number of benzene rings is 1. The van der Waals surface area contributed by atoms with Gasteiger partial charge < -0.3 is 5.11 Å².